The fourth-order valence-corrected chi connectivity index (χ4v) is 2.89. The summed E-state index contributed by atoms with van der Waals surface area (Å²) in [4.78, 5) is 16.7. The third-order valence-corrected chi connectivity index (χ3v) is 4.40. The second kappa shape index (κ2) is 7.06. The van der Waals surface area contributed by atoms with Crippen LogP contribution >= 0.6 is 38.5 Å². The van der Waals surface area contributed by atoms with E-state index in [0.717, 1.165) is 30.1 Å². The maximum absolute atomic E-state index is 4.21. The van der Waals surface area contributed by atoms with Gasteiger partial charge in [-0.3, -0.25) is 19.9 Å². The van der Waals surface area contributed by atoms with Crippen LogP contribution in [0.3, 0.4) is 0 Å². The molecule has 0 atom stereocenters. The van der Waals surface area contributed by atoms with Crippen LogP contribution in [0.4, 0.5) is 0 Å². The zero-order valence-corrected chi connectivity index (χ0v) is 15.1. The fraction of sp³-hybridized carbons (Fsp3) is 0. The van der Waals surface area contributed by atoms with Crippen LogP contribution in [0, 0.1) is 3.57 Å². The minimum Gasteiger partial charge on any atom is -0.255 e. The average molecular weight is 465 g/mol. The molecule has 108 valence electrons. The predicted octanol–water partition coefficient (Wildman–Crippen LogP) is 4.63. The van der Waals surface area contributed by atoms with Crippen LogP contribution in [-0.2, 0) is 0 Å². The lowest BCUT2D eigenvalue weighted by molar-refractivity contribution is 1.32. The van der Waals surface area contributed by atoms with E-state index in [9.17, 15) is 0 Å². The van der Waals surface area contributed by atoms with E-state index in [1.54, 1.807) is 24.8 Å². The minimum atomic E-state index is 0.912. The van der Waals surface area contributed by atoms with Crippen LogP contribution in [0.15, 0.2) is 65.7 Å². The van der Waals surface area contributed by atoms with Crippen LogP contribution in [0.5, 0.6) is 0 Å². The van der Waals surface area contributed by atoms with E-state index in [0.29, 0.717) is 0 Å². The summed E-state index contributed by atoms with van der Waals surface area (Å²) in [5, 5.41) is 0. The molecule has 0 saturated carbocycles. The molecule has 0 aliphatic rings. The first-order chi connectivity index (χ1) is 10.8. The molecule has 4 aromatic rings. The van der Waals surface area contributed by atoms with Crippen molar-refractivity contribution in [3.8, 4) is 0 Å². The highest BCUT2D eigenvalue weighted by molar-refractivity contribution is 14.1. The first-order valence-corrected chi connectivity index (χ1v) is 8.33. The van der Waals surface area contributed by atoms with Crippen molar-refractivity contribution in [3.05, 3.63) is 69.2 Å². The van der Waals surface area contributed by atoms with Crippen molar-refractivity contribution in [1.82, 2.24) is 19.9 Å². The van der Waals surface area contributed by atoms with Crippen molar-refractivity contribution < 1.29 is 0 Å². The van der Waals surface area contributed by atoms with Crippen molar-refractivity contribution in [2.75, 3.05) is 0 Å². The first kappa shape index (κ1) is 15.2. The number of fused-ring (bicyclic) bond motifs is 2. The van der Waals surface area contributed by atoms with Crippen LogP contribution in [0.1, 0.15) is 0 Å². The quantitative estimate of drug-likeness (QED) is 0.356. The number of hydrogen-bond acceptors (Lipinski definition) is 4. The molecule has 4 rings (SSSR count). The Kier molecular flexibility index (Phi) is 4.89. The number of hydrogen-bond donors (Lipinski definition) is 0. The lowest BCUT2D eigenvalue weighted by atomic mass is 10.3. The van der Waals surface area contributed by atoms with Crippen molar-refractivity contribution in [1.29, 1.82) is 0 Å². The normalized spacial score (nSPS) is 10.3. The molecular formula is C16H10BrIN4. The Hall–Kier alpha value is -1.67. The van der Waals surface area contributed by atoms with Gasteiger partial charge >= 0.3 is 0 Å². The van der Waals surface area contributed by atoms with Crippen molar-refractivity contribution in [2.45, 2.75) is 0 Å². The topological polar surface area (TPSA) is 51.6 Å². The molecule has 0 aliphatic heterocycles. The highest BCUT2D eigenvalue weighted by atomic mass is 127. The average Bonchev–Trinajstić information content (AvgIpc) is 2.57. The summed E-state index contributed by atoms with van der Waals surface area (Å²) in [6.07, 6.45) is 7.10. The Morgan fingerprint density at radius 3 is 1.91 bits per heavy atom. The van der Waals surface area contributed by atoms with Gasteiger partial charge in [0.25, 0.3) is 0 Å². The molecule has 0 radical (unpaired) electrons. The summed E-state index contributed by atoms with van der Waals surface area (Å²) < 4.78 is 2.14. The van der Waals surface area contributed by atoms with Gasteiger partial charge in [-0.1, -0.05) is 0 Å². The van der Waals surface area contributed by atoms with Gasteiger partial charge in [-0.25, -0.2) is 0 Å². The largest absolute Gasteiger partial charge is 0.255 e. The highest BCUT2D eigenvalue weighted by Crippen LogP contribution is 2.18. The summed E-state index contributed by atoms with van der Waals surface area (Å²) in [6.45, 7) is 0. The van der Waals surface area contributed by atoms with E-state index in [2.05, 4.69) is 58.5 Å². The Morgan fingerprint density at radius 1 is 0.682 bits per heavy atom. The van der Waals surface area contributed by atoms with E-state index in [1.807, 2.05) is 36.4 Å². The molecule has 0 spiro atoms. The van der Waals surface area contributed by atoms with Crippen molar-refractivity contribution >= 4 is 60.6 Å². The van der Waals surface area contributed by atoms with Gasteiger partial charge in [0.1, 0.15) is 11.0 Å². The van der Waals surface area contributed by atoms with E-state index < -0.39 is 0 Å². The molecule has 4 heterocycles. The second-order valence-corrected chi connectivity index (χ2v) is 6.34. The minimum absolute atomic E-state index is 0.912. The summed E-state index contributed by atoms with van der Waals surface area (Å²) in [5.74, 6) is 0. The molecule has 0 unspecified atom stereocenters. The lowest BCUT2D eigenvalue weighted by Crippen LogP contribution is -1.83. The summed E-state index contributed by atoms with van der Waals surface area (Å²) in [5.41, 5.74) is 3.77. The molecule has 0 bridgehead atoms. The van der Waals surface area contributed by atoms with Gasteiger partial charge in [0, 0.05) is 32.8 Å². The summed E-state index contributed by atoms with van der Waals surface area (Å²) in [6, 6.07) is 11.5. The molecule has 0 N–H and O–H groups in total. The lowest BCUT2D eigenvalue weighted by Gasteiger charge is -1.95. The van der Waals surface area contributed by atoms with E-state index in [1.165, 1.54) is 0 Å². The van der Waals surface area contributed by atoms with E-state index in [4.69, 9.17) is 0 Å². The fourth-order valence-electron chi connectivity index (χ4n) is 1.89. The van der Waals surface area contributed by atoms with Gasteiger partial charge in [0.15, 0.2) is 0 Å². The smallest absolute Gasteiger partial charge is 0.103 e. The van der Waals surface area contributed by atoms with Gasteiger partial charge in [-0.2, -0.15) is 0 Å². The third-order valence-electron chi connectivity index (χ3n) is 2.89. The van der Waals surface area contributed by atoms with Gasteiger partial charge in [-0.05, 0) is 74.9 Å². The molecule has 0 aliphatic carbocycles. The number of aromatic nitrogens is 4. The summed E-state index contributed by atoms with van der Waals surface area (Å²) in [7, 11) is 0. The molecule has 0 aromatic carbocycles. The standard InChI is InChI=1S/C8H5BrN2.C8H5IN2/c2*9-6-3-5-10-7-2-1-4-11-8(6)7/h2*1-5H. The number of pyridine rings is 4. The van der Waals surface area contributed by atoms with Crippen molar-refractivity contribution in [2.24, 2.45) is 0 Å². The Labute approximate surface area is 149 Å². The van der Waals surface area contributed by atoms with Crippen LogP contribution in [0.2, 0.25) is 0 Å². The molecule has 0 saturated heterocycles. The first-order valence-electron chi connectivity index (χ1n) is 6.46. The Bertz CT molecular complexity index is 842. The highest BCUT2D eigenvalue weighted by Gasteiger charge is 1.97. The van der Waals surface area contributed by atoms with Crippen LogP contribution < -0.4 is 0 Å². The molecule has 22 heavy (non-hydrogen) atoms. The number of halogens is 2. The third kappa shape index (κ3) is 3.38. The molecule has 0 amide bonds. The SMILES string of the molecule is Brc1ccnc2cccnc12.Ic1ccnc2cccnc12. The predicted molar refractivity (Wildman–Crippen MR) is 99.5 cm³/mol. The molecule has 0 fully saturated rings. The van der Waals surface area contributed by atoms with Crippen LogP contribution in [0.25, 0.3) is 22.1 Å². The van der Waals surface area contributed by atoms with Crippen LogP contribution in [-0.4, -0.2) is 19.9 Å². The van der Waals surface area contributed by atoms with Gasteiger partial charge in [0.2, 0.25) is 0 Å². The van der Waals surface area contributed by atoms with Gasteiger partial charge < -0.3 is 0 Å². The molecular weight excluding hydrogens is 455 g/mol. The van der Waals surface area contributed by atoms with E-state index >= 15 is 0 Å². The monoisotopic (exact) mass is 464 g/mol. The number of rotatable bonds is 0. The second-order valence-electron chi connectivity index (χ2n) is 4.33. The number of nitrogens with zero attached hydrogens (tertiary/aromatic N) is 4. The zero-order chi connectivity index (χ0) is 15.4. The molecule has 6 heteroatoms. The zero-order valence-electron chi connectivity index (χ0n) is 11.3. The Morgan fingerprint density at radius 2 is 1.27 bits per heavy atom. The maximum Gasteiger partial charge on any atom is 0.103 e. The van der Waals surface area contributed by atoms with E-state index in [-0.39, 0.29) is 0 Å². The summed E-state index contributed by atoms with van der Waals surface area (Å²) >= 11 is 5.65. The Balaban J connectivity index is 0.000000131. The molecule has 4 aromatic heterocycles. The molecule has 4 nitrogen and oxygen atoms in total. The maximum atomic E-state index is 4.21. The van der Waals surface area contributed by atoms with Crippen molar-refractivity contribution in [3.63, 3.8) is 0 Å². The van der Waals surface area contributed by atoms with Gasteiger partial charge in [-0.15, -0.1) is 0 Å². The van der Waals surface area contributed by atoms with Gasteiger partial charge in [0.05, 0.1) is 11.0 Å².